The van der Waals surface area contributed by atoms with Crippen molar-refractivity contribution in [1.29, 1.82) is 0 Å². The zero-order chi connectivity index (χ0) is 8.27. The van der Waals surface area contributed by atoms with E-state index in [1.54, 1.807) is 24.3 Å². The number of hydrogen-bond donors (Lipinski definition) is 0. The molecule has 0 amide bonds. The summed E-state index contributed by atoms with van der Waals surface area (Å²) in [6, 6.07) is 6.64. The first-order valence-electron chi connectivity index (χ1n) is 3.08. The Morgan fingerprint density at radius 1 is 1.45 bits per heavy atom. The third-order valence-electron chi connectivity index (χ3n) is 1.32. The highest BCUT2D eigenvalue weighted by atomic mass is 16.1. The van der Waals surface area contributed by atoms with E-state index in [4.69, 9.17) is 6.57 Å². The summed E-state index contributed by atoms with van der Waals surface area (Å²) in [6.07, 6.45) is 0. The molecule has 11 heavy (non-hydrogen) atoms. The van der Waals surface area contributed by atoms with Crippen LogP contribution in [0.25, 0.3) is 4.85 Å². The zero-order valence-corrected chi connectivity index (χ0v) is 5.87. The van der Waals surface area contributed by atoms with Crippen LogP contribution in [0.5, 0.6) is 0 Å². The van der Waals surface area contributed by atoms with E-state index in [2.05, 4.69) is 11.8 Å². The maximum atomic E-state index is 10.8. The van der Waals surface area contributed by atoms with E-state index >= 15 is 0 Å². The first-order chi connectivity index (χ1) is 5.25. The Hall–Kier alpha value is -1.62. The Labute approximate surface area is 65.3 Å². The van der Waals surface area contributed by atoms with E-state index in [1.807, 2.05) is 0 Å². The molecule has 2 heteroatoms. The van der Waals surface area contributed by atoms with Gasteiger partial charge in [0.25, 0.3) is 0 Å². The second-order valence-electron chi connectivity index (χ2n) is 2.05. The lowest BCUT2D eigenvalue weighted by atomic mass is 10.1. The third-order valence-corrected chi connectivity index (χ3v) is 1.32. The molecule has 0 bridgehead atoms. The summed E-state index contributed by atoms with van der Waals surface area (Å²) in [7, 11) is 0. The highest BCUT2D eigenvalue weighted by Gasteiger charge is 2.03. The molecule has 1 radical (unpaired) electrons. The Morgan fingerprint density at radius 3 is 2.55 bits per heavy atom. The normalized spacial score (nSPS) is 8.73. The van der Waals surface area contributed by atoms with Gasteiger partial charge < -0.3 is 0 Å². The van der Waals surface area contributed by atoms with Crippen LogP contribution in [0, 0.1) is 13.5 Å². The number of carbonyl (C=O) groups is 1. The SMILES string of the molecule is [C-]#[N+]c1ccccc1C([CH2])=O. The van der Waals surface area contributed by atoms with Crippen molar-refractivity contribution in [3.05, 3.63) is 48.2 Å². The van der Waals surface area contributed by atoms with Gasteiger partial charge in [-0.05, 0) is 0 Å². The van der Waals surface area contributed by atoms with Gasteiger partial charge in [-0.3, -0.25) is 4.79 Å². The molecule has 0 saturated carbocycles. The van der Waals surface area contributed by atoms with Gasteiger partial charge in [-0.15, -0.1) is 0 Å². The van der Waals surface area contributed by atoms with Crippen LogP contribution in [0.15, 0.2) is 24.3 Å². The molecule has 0 fully saturated rings. The van der Waals surface area contributed by atoms with Crippen molar-refractivity contribution < 1.29 is 4.79 Å². The van der Waals surface area contributed by atoms with Gasteiger partial charge in [-0.1, -0.05) is 24.3 Å². The molecule has 0 saturated heterocycles. The van der Waals surface area contributed by atoms with Gasteiger partial charge in [0.15, 0.2) is 11.5 Å². The minimum Gasteiger partial charge on any atom is -0.296 e. The van der Waals surface area contributed by atoms with Gasteiger partial charge in [-0.2, -0.15) is 0 Å². The van der Waals surface area contributed by atoms with Gasteiger partial charge in [0, 0.05) is 12.5 Å². The van der Waals surface area contributed by atoms with Gasteiger partial charge in [0.05, 0.1) is 6.57 Å². The Balaban J connectivity index is 3.26. The lowest BCUT2D eigenvalue weighted by molar-refractivity contribution is 0.104. The van der Waals surface area contributed by atoms with Crippen molar-refractivity contribution in [2.24, 2.45) is 0 Å². The number of ketones is 1. The molecule has 0 aliphatic rings. The first kappa shape index (κ1) is 7.49. The number of carbonyl (C=O) groups excluding carboxylic acids is 1. The average Bonchev–Trinajstić information content (AvgIpc) is 2.04. The number of rotatable bonds is 1. The molecule has 0 unspecified atom stereocenters. The molecule has 1 aromatic rings. The lowest BCUT2D eigenvalue weighted by Gasteiger charge is -1.95. The minimum absolute atomic E-state index is 0.309. The Kier molecular flexibility index (Phi) is 2.03. The van der Waals surface area contributed by atoms with Crippen molar-refractivity contribution in [3.8, 4) is 0 Å². The van der Waals surface area contributed by atoms with Gasteiger partial charge >= 0.3 is 0 Å². The summed E-state index contributed by atoms with van der Waals surface area (Å²) in [6.45, 7) is 9.96. The van der Waals surface area contributed by atoms with Crippen LogP contribution in [-0.4, -0.2) is 5.78 Å². The molecule has 0 N–H and O–H groups in total. The standard InChI is InChI=1S/C9H6NO/c1-7(11)8-5-3-4-6-9(8)10-2/h3-6H,1H2. The molecule has 1 aromatic carbocycles. The Bertz CT molecular complexity index is 323. The van der Waals surface area contributed by atoms with Crippen molar-refractivity contribution in [3.63, 3.8) is 0 Å². The molecule has 0 aliphatic heterocycles. The summed E-state index contributed by atoms with van der Waals surface area (Å²) in [5, 5.41) is 0. The number of benzene rings is 1. The second kappa shape index (κ2) is 2.98. The van der Waals surface area contributed by atoms with Gasteiger partial charge in [0.1, 0.15) is 0 Å². The van der Waals surface area contributed by atoms with Crippen molar-refractivity contribution in [2.75, 3.05) is 0 Å². The van der Waals surface area contributed by atoms with Crippen LogP contribution >= 0.6 is 0 Å². The fraction of sp³-hybridized carbons (Fsp3) is 0. The monoisotopic (exact) mass is 144 g/mol. The molecular formula is C9H6NO. The highest BCUT2D eigenvalue weighted by Crippen LogP contribution is 2.17. The summed E-state index contributed by atoms with van der Waals surface area (Å²) >= 11 is 0. The molecule has 2 nitrogen and oxygen atoms in total. The maximum Gasteiger partial charge on any atom is 0.197 e. The van der Waals surface area contributed by atoms with Gasteiger partial charge in [0.2, 0.25) is 0 Å². The average molecular weight is 144 g/mol. The third kappa shape index (κ3) is 1.44. The largest absolute Gasteiger partial charge is 0.296 e. The molecular weight excluding hydrogens is 138 g/mol. The summed E-state index contributed by atoms with van der Waals surface area (Å²) < 4.78 is 0. The predicted molar refractivity (Wildman–Crippen MR) is 42.4 cm³/mol. The van der Waals surface area contributed by atoms with E-state index in [-0.39, 0.29) is 5.78 Å². The molecule has 53 valence electrons. The second-order valence-corrected chi connectivity index (χ2v) is 2.05. The van der Waals surface area contributed by atoms with Gasteiger partial charge in [-0.25, -0.2) is 4.85 Å². The summed E-state index contributed by atoms with van der Waals surface area (Å²) in [5.41, 5.74) is 0.759. The van der Waals surface area contributed by atoms with Crippen LogP contribution in [-0.2, 0) is 0 Å². The van der Waals surface area contributed by atoms with Crippen molar-refractivity contribution >= 4 is 11.5 Å². The topological polar surface area (TPSA) is 21.4 Å². The van der Waals surface area contributed by atoms with Crippen LogP contribution in [0.3, 0.4) is 0 Å². The number of nitrogens with zero attached hydrogens (tertiary/aromatic N) is 1. The molecule has 0 heterocycles. The van der Waals surface area contributed by atoms with Crippen molar-refractivity contribution in [1.82, 2.24) is 0 Å². The van der Waals surface area contributed by atoms with Crippen LogP contribution in [0.1, 0.15) is 10.4 Å². The smallest absolute Gasteiger partial charge is 0.197 e. The van der Waals surface area contributed by atoms with Crippen LogP contribution < -0.4 is 0 Å². The first-order valence-corrected chi connectivity index (χ1v) is 3.08. The molecule has 0 aromatic heterocycles. The Morgan fingerprint density at radius 2 is 2.09 bits per heavy atom. The lowest BCUT2D eigenvalue weighted by Crippen LogP contribution is -1.90. The number of Topliss-reactive ketones (excluding diaryl/α,β-unsaturated/α-hetero) is 1. The molecule has 0 aliphatic carbocycles. The summed E-state index contributed by atoms with van der Waals surface area (Å²) in [5.74, 6) is -0.309. The fourth-order valence-corrected chi connectivity index (χ4v) is 0.807. The van der Waals surface area contributed by atoms with Crippen LogP contribution in [0.2, 0.25) is 0 Å². The van der Waals surface area contributed by atoms with E-state index in [9.17, 15) is 4.79 Å². The number of para-hydroxylation sites is 1. The van der Waals surface area contributed by atoms with E-state index < -0.39 is 0 Å². The highest BCUT2D eigenvalue weighted by molar-refractivity contribution is 6.04. The van der Waals surface area contributed by atoms with E-state index in [1.165, 1.54) is 0 Å². The minimum atomic E-state index is -0.309. The fourth-order valence-electron chi connectivity index (χ4n) is 0.807. The summed E-state index contributed by atoms with van der Waals surface area (Å²) in [4.78, 5) is 14.0. The van der Waals surface area contributed by atoms with E-state index in [0.717, 1.165) is 0 Å². The zero-order valence-electron chi connectivity index (χ0n) is 5.87. The molecule has 0 atom stereocenters. The quantitative estimate of drug-likeness (QED) is 0.437. The number of hydrogen-bond acceptors (Lipinski definition) is 1. The van der Waals surface area contributed by atoms with Crippen molar-refractivity contribution in [2.45, 2.75) is 0 Å². The maximum absolute atomic E-state index is 10.8. The molecule has 1 rings (SSSR count). The van der Waals surface area contributed by atoms with E-state index in [0.29, 0.717) is 11.3 Å². The molecule has 0 spiro atoms. The predicted octanol–water partition coefficient (Wildman–Crippen LogP) is 2.25. The van der Waals surface area contributed by atoms with Crippen LogP contribution in [0.4, 0.5) is 5.69 Å².